The van der Waals surface area contributed by atoms with Gasteiger partial charge in [0.25, 0.3) is 0 Å². The first-order valence-corrected chi connectivity index (χ1v) is 7.69. The molecule has 1 aromatic rings. The number of carbonyl (C=O) groups excluding carboxylic acids is 2. The lowest BCUT2D eigenvalue weighted by atomic mass is 10.2. The van der Waals surface area contributed by atoms with Gasteiger partial charge in [-0.15, -0.1) is 0 Å². The van der Waals surface area contributed by atoms with E-state index in [9.17, 15) is 14.0 Å². The summed E-state index contributed by atoms with van der Waals surface area (Å²) in [6.07, 6.45) is -0.373. The minimum atomic E-state index is -0.733. The zero-order chi connectivity index (χ0) is 17.9. The van der Waals surface area contributed by atoms with Crippen LogP contribution < -0.4 is 4.90 Å². The molecule has 132 valence electrons. The van der Waals surface area contributed by atoms with Crippen molar-refractivity contribution < 1.29 is 23.5 Å². The van der Waals surface area contributed by atoms with Crippen LogP contribution in [-0.4, -0.2) is 60.8 Å². The van der Waals surface area contributed by atoms with Crippen LogP contribution in [0.1, 0.15) is 31.3 Å². The molecule has 1 amide bonds. The number of anilines is 1. The third kappa shape index (κ3) is 4.33. The molecule has 0 saturated carbocycles. The highest BCUT2D eigenvalue weighted by Gasteiger charge is 2.27. The Bertz CT molecular complexity index is 622. The molecular formula is C16H22FN3O4. The first-order chi connectivity index (χ1) is 11.2. The van der Waals surface area contributed by atoms with E-state index < -0.39 is 17.5 Å². The fraction of sp³-hybridized carbons (Fsp3) is 0.562. The maximum Gasteiger partial charge on any atom is 0.410 e. The number of esters is 1. The normalized spacial score (nSPS) is 15.2. The molecule has 2 heterocycles. The maximum absolute atomic E-state index is 14.1. The molecule has 7 nitrogen and oxygen atoms in total. The second kappa shape index (κ2) is 7.02. The highest BCUT2D eigenvalue weighted by Crippen LogP contribution is 2.21. The second-order valence-corrected chi connectivity index (χ2v) is 6.45. The number of piperazine rings is 1. The summed E-state index contributed by atoms with van der Waals surface area (Å²) < 4.78 is 24.0. The molecular weight excluding hydrogens is 317 g/mol. The van der Waals surface area contributed by atoms with Crippen molar-refractivity contribution in [2.75, 3.05) is 38.2 Å². The molecule has 0 aromatic carbocycles. The predicted octanol–water partition coefficient (Wildman–Crippen LogP) is 2.06. The fourth-order valence-corrected chi connectivity index (χ4v) is 2.34. The predicted molar refractivity (Wildman–Crippen MR) is 85.6 cm³/mol. The van der Waals surface area contributed by atoms with E-state index in [1.807, 2.05) is 20.8 Å². The van der Waals surface area contributed by atoms with Gasteiger partial charge in [0.15, 0.2) is 5.69 Å². The maximum atomic E-state index is 14.1. The van der Waals surface area contributed by atoms with Gasteiger partial charge in [0, 0.05) is 26.2 Å². The Balaban J connectivity index is 2.00. The van der Waals surface area contributed by atoms with E-state index in [4.69, 9.17) is 4.74 Å². The van der Waals surface area contributed by atoms with Crippen LogP contribution in [0.2, 0.25) is 0 Å². The van der Waals surface area contributed by atoms with Crippen LogP contribution in [0.25, 0.3) is 0 Å². The number of amides is 1. The molecule has 0 aliphatic carbocycles. The summed E-state index contributed by atoms with van der Waals surface area (Å²) in [5.74, 6) is -1.42. The molecule has 0 unspecified atom stereocenters. The summed E-state index contributed by atoms with van der Waals surface area (Å²) in [7, 11) is 1.21. The largest absolute Gasteiger partial charge is 0.464 e. The molecule has 0 N–H and O–H groups in total. The average Bonchev–Trinajstić information content (AvgIpc) is 2.52. The molecule has 0 radical (unpaired) electrons. The molecule has 1 aliphatic rings. The third-order valence-corrected chi connectivity index (χ3v) is 3.50. The highest BCUT2D eigenvalue weighted by molar-refractivity contribution is 5.87. The first kappa shape index (κ1) is 18.0. The SMILES string of the molecule is COC(=O)c1ccc(N2CCN(C(=O)OC(C)(C)C)CC2)c(F)n1. The van der Waals surface area contributed by atoms with Gasteiger partial charge in [0.1, 0.15) is 5.60 Å². The molecule has 2 rings (SSSR count). The van der Waals surface area contributed by atoms with Crippen LogP contribution in [0.3, 0.4) is 0 Å². The molecule has 8 heteroatoms. The first-order valence-electron chi connectivity index (χ1n) is 7.69. The minimum absolute atomic E-state index is 0.0776. The minimum Gasteiger partial charge on any atom is -0.464 e. The second-order valence-electron chi connectivity index (χ2n) is 6.45. The number of aromatic nitrogens is 1. The molecule has 1 aliphatic heterocycles. The van der Waals surface area contributed by atoms with Gasteiger partial charge in [0.2, 0.25) is 5.95 Å². The van der Waals surface area contributed by atoms with Crippen molar-refractivity contribution >= 4 is 17.7 Å². The smallest absolute Gasteiger partial charge is 0.410 e. The standard InChI is InChI=1S/C16H22FN3O4/c1-16(2,3)24-15(22)20-9-7-19(8-10-20)12-6-5-11(14(21)23-4)18-13(12)17/h5-6H,7-10H2,1-4H3. The van der Waals surface area contributed by atoms with Crippen LogP contribution in [0.4, 0.5) is 14.9 Å². The zero-order valence-corrected chi connectivity index (χ0v) is 14.3. The Labute approximate surface area is 140 Å². The number of methoxy groups -OCH3 is 1. The Kier molecular flexibility index (Phi) is 5.26. The summed E-state index contributed by atoms with van der Waals surface area (Å²) in [6, 6.07) is 2.92. The fourth-order valence-electron chi connectivity index (χ4n) is 2.34. The lowest BCUT2D eigenvalue weighted by Crippen LogP contribution is -2.50. The Morgan fingerprint density at radius 3 is 2.29 bits per heavy atom. The van der Waals surface area contributed by atoms with E-state index in [1.54, 1.807) is 9.80 Å². The van der Waals surface area contributed by atoms with E-state index >= 15 is 0 Å². The van der Waals surface area contributed by atoms with Crippen LogP contribution >= 0.6 is 0 Å². The van der Waals surface area contributed by atoms with E-state index in [-0.39, 0.29) is 11.8 Å². The molecule has 0 spiro atoms. The van der Waals surface area contributed by atoms with Crippen LogP contribution in [0.15, 0.2) is 12.1 Å². The number of nitrogens with zero attached hydrogens (tertiary/aromatic N) is 3. The lowest BCUT2D eigenvalue weighted by molar-refractivity contribution is 0.0240. The summed E-state index contributed by atoms with van der Waals surface area (Å²) in [6.45, 7) is 7.19. The summed E-state index contributed by atoms with van der Waals surface area (Å²) in [5.41, 5.74) is -0.328. The number of rotatable bonds is 2. The zero-order valence-electron chi connectivity index (χ0n) is 14.3. The number of hydrogen-bond acceptors (Lipinski definition) is 6. The van der Waals surface area contributed by atoms with E-state index in [0.29, 0.717) is 31.9 Å². The lowest BCUT2D eigenvalue weighted by Gasteiger charge is -2.36. The van der Waals surface area contributed by atoms with Gasteiger partial charge in [-0.1, -0.05) is 0 Å². The van der Waals surface area contributed by atoms with Crippen LogP contribution in [0, 0.1) is 5.95 Å². The molecule has 1 aromatic heterocycles. The number of ether oxygens (including phenoxy) is 2. The van der Waals surface area contributed by atoms with Gasteiger partial charge in [0.05, 0.1) is 12.8 Å². The molecule has 24 heavy (non-hydrogen) atoms. The molecule has 0 bridgehead atoms. The third-order valence-electron chi connectivity index (χ3n) is 3.50. The Morgan fingerprint density at radius 1 is 1.17 bits per heavy atom. The monoisotopic (exact) mass is 339 g/mol. The van der Waals surface area contributed by atoms with Crippen molar-refractivity contribution in [2.24, 2.45) is 0 Å². The van der Waals surface area contributed by atoms with Crippen LogP contribution in [-0.2, 0) is 9.47 Å². The van der Waals surface area contributed by atoms with Gasteiger partial charge >= 0.3 is 12.1 Å². The van der Waals surface area contributed by atoms with Crippen molar-refractivity contribution in [2.45, 2.75) is 26.4 Å². The topological polar surface area (TPSA) is 72.0 Å². The molecule has 1 fully saturated rings. The van der Waals surface area contributed by atoms with Crippen molar-refractivity contribution in [1.29, 1.82) is 0 Å². The van der Waals surface area contributed by atoms with Crippen molar-refractivity contribution in [3.05, 3.63) is 23.8 Å². The molecule has 1 saturated heterocycles. The van der Waals surface area contributed by atoms with Gasteiger partial charge in [-0.2, -0.15) is 4.39 Å². The van der Waals surface area contributed by atoms with Gasteiger partial charge < -0.3 is 19.3 Å². The highest BCUT2D eigenvalue weighted by atomic mass is 19.1. The van der Waals surface area contributed by atoms with Gasteiger partial charge in [-0.25, -0.2) is 14.6 Å². The quantitative estimate of drug-likeness (QED) is 0.607. The summed E-state index contributed by atoms with van der Waals surface area (Å²) in [4.78, 5) is 30.4. The Hall–Kier alpha value is -2.38. The van der Waals surface area contributed by atoms with E-state index in [1.165, 1.54) is 19.2 Å². The Morgan fingerprint density at radius 2 is 1.79 bits per heavy atom. The van der Waals surface area contributed by atoms with Gasteiger partial charge in [-0.05, 0) is 32.9 Å². The van der Waals surface area contributed by atoms with Crippen molar-refractivity contribution in [3.63, 3.8) is 0 Å². The number of halogens is 1. The summed E-state index contributed by atoms with van der Waals surface area (Å²) in [5, 5.41) is 0. The van der Waals surface area contributed by atoms with E-state index in [2.05, 4.69) is 9.72 Å². The van der Waals surface area contributed by atoms with Crippen LogP contribution in [0.5, 0.6) is 0 Å². The van der Waals surface area contributed by atoms with Crippen molar-refractivity contribution in [3.8, 4) is 0 Å². The number of pyridine rings is 1. The summed E-state index contributed by atoms with van der Waals surface area (Å²) >= 11 is 0. The van der Waals surface area contributed by atoms with Crippen molar-refractivity contribution in [1.82, 2.24) is 9.88 Å². The average molecular weight is 339 g/mol. The number of carbonyl (C=O) groups is 2. The van der Waals surface area contributed by atoms with E-state index in [0.717, 1.165) is 0 Å². The van der Waals surface area contributed by atoms with Gasteiger partial charge in [-0.3, -0.25) is 0 Å². The molecule has 0 atom stereocenters. The number of hydrogen-bond donors (Lipinski definition) is 0.